The van der Waals surface area contributed by atoms with Crippen molar-refractivity contribution in [3.05, 3.63) is 60.7 Å². The number of amides is 1. The van der Waals surface area contributed by atoms with Crippen molar-refractivity contribution in [1.29, 1.82) is 0 Å². The Morgan fingerprint density at radius 1 is 0.931 bits per heavy atom. The largest absolute Gasteiger partial charge is 0.370 e. The minimum absolute atomic E-state index is 0.0915. The second-order valence-corrected chi connectivity index (χ2v) is 7.32. The van der Waals surface area contributed by atoms with Crippen molar-refractivity contribution in [1.82, 2.24) is 9.97 Å². The zero-order valence-electron chi connectivity index (χ0n) is 17.1. The molecule has 3 aromatic rings. The van der Waals surface area contributed by atoms with Crippen LogP contribution in [0.5, 0.6) is 0 Å². The second kappa shape index (κ2) is 9.68. The molecule has 3 rings (SSSR count). The monoisotopic (exact) mass is 389 g/mol. The van der Waals surface area contributed by atoms with Gasteiger partial charge in [0.1, 0.15) is 11.6 Å². The first kappa shape index (κ1) is 20.3. The highest BCUT2D eigenvalue weighted by atomic mass is 16.1. The van der Waals surface area contributed by atoms with Gasteiger partial charge in [0.2, 0.25) is 5.91 Å². The van der Waals surface area contributed by atoms with Crippen LogP contribution in [0.4, 0.5) is 23.0 Å². The fourth-order valence-corrected chi connectivity index (χ4v) is 2.80. The van der Waals surface area contributed by atoms with Crippen LogP contribution in [-0.4, -0.2) is 22.4 Å². The molecule has 3 N–H and O–H groups in total. The fourth-order valence-electron chi connectivity index (χ4n) is 2.80. The van der Waals surface area contributed by atoms with Gasteiger partial charge in [0.25, 0.3) is 0 Å². The molecule has 0 radical (unpaired) electrons. The molecule has 1 amide bonds. The first-order valence-corrected chi connectivity index (χ1v) is 9.82. The average molecular weight is 390 g/mol. The van der Waals surface area contributed by atoms with Gasteiger partial charge < -0.3 is 16.0 Å². The van der Waals surface area contributed by atoms with Gasteiger partial charge in [-0.15, -0.1) is 0 Å². The Hall–Kier alpha value is -3.41. The topological polar surface area (TPSA) is 78.9 Å². The van der Waals surface area contributed by atoms with Crippen LogP contribution in [0.2, 0.25) is 0 Å². The Kier molecular flexibility index (Phi) is 6.79. The van der Waals surface area contributed by atoms with Gasteiger partial charge in [0.05, 0.1) is 0 Å². The Labute approximate surface area is 171 Å². The van der Waals surface area contributed by atoms with Crippen LogP contribution in [0.3, 0.4) is 0 Å². The van der Waals surface area contributed by atoms with Crippen LogP contribution >= 0.6 is 0 Å². The van der Waals surface area contributed by atoms with Crippen LogP contribution in [0, 0.1) is 5.92 Å². The summed E-state index contributed by atoms with van der Waals surface area (Å²) in [6.07, 6.45) is 1.07. The molecular weight excluding hydrogens is 362 g/mol. The van der Waals surface area contributed by atoms with Crippen LogP contribution in [0.25, 0.3) is 11.4 Å². The summed E-state index contributed by atoms with van der Waals surface area (Å²) in [4.78, 5) is 20.5. The Bertz CT molecular complexity index is 939. The molecule has 150 valence electrons. The third-order valence-corrected chi connectivity index (χ3v) is 4.26. The van der Waals surface area contributed by atoms with E-state index in [1.165, 1.54) is 6.92 Å². The number of aromatic nitrogens is 2. The summed E-state index contributed by atoms with van der Waals surface area (Å²) < 4.78 is 0. The van der Waals surface area contributed by atoms with E-state index >= 15 is 0 Å². The second-order valence-electron chi connectivity index (χ2n) is 7.32. The van der Waals surface area contributed by atoms with Gasteiger partial charge in [-0.2, -0.15) is 0 Å². The van der Waals surface area contributed by atoms with E-state index < -0.39 is 0 Å². The number of rotatable bonds is 8. The molecule has 1 aromatic heterocycles. The normalized spacial score (nSPS) is 10.6. The average Bonchev–Trinajstić information content (AvgIpc) is 2.69. The number of hydrogen-bond donors (Lipinski definition) is 3. The number of hydrogen-bond acceptors (Lipinski definition) is 5. The maximum atomic E-state index is 11.2. The molecule has 6 heteroatoms. The molecule has 0 saturated carbocycles. The van der Waals surface area contributed by atoms with Crippen molar-refractivity contribution in [2.24, 2.45) is 5.92 Å². The van der Waals surface area contributed by atoms with E-state index in [0.717, 1.165) is 35.7 Å². The molecule has 0 saturated heterocycles. The zero-order valence-corrected chi connectivity index (χ0v) is 17.1. The van der Waals surface area contributed by atoms with Crippen molar-refractivity contribution < 1.29 is 4.79 Å². The van der Waals surface area contributed by atoms with Gasteiger partial charge in [0, 0.05) is 36.5 Å². The van der Waals surface area contributed by atoms with Gasteiger partial charge >= 0.3 is 0 Å². The standard InChI is InChI=1S/C23H27N5O/c1-16(2)13-14-24-21-15-22(28-23(27-21)18-7-5-4-6-8-18)26-20-11-9-19(10-12-20)25-17(3)29/h4-12,15-16H,13-14H2,1-3H3,(H,25,29)(H2,24,26,27,28). The Balaban J connectivity index is 1.83. The number of carbonyl (C=O) groups is 1. The molecule has 0 unspecified atom stereocenters. The van der Waals surface area contributed by atoms with Crippen LogP contribution in [0.1, 0.15) is 27.2 Å². The van der Waals surface area contributed by atoms with E-state index in [-0.39, 0.29) is 5.91 Å². The van der Waals surface area contributed by atoms with E-state index in [4.69, 9.17) is 0 Å². The summed E-state index contributed by atoms with van der Waals surface area (Å²) in [5.41, 5.74) is 2.60. The first-order chi connectivity index (χ1) is 14.0. The highest BCUT2D eigenvalue weighted by molar-refractivity contribution is 5.88. The molecule has 2 aromatic carbocycles. The van der Waals surface area contributed by atoms with Crippen LogP contribution < -0.4 is 16.0 Å². The van der Waals surface area contributed by atoms with E-state index in [1.54, 1.807) is 0 Å². The summed E-state index contributed by atoms with van der Waals surface area (Å²) in [6.45, 7) is 6.75. The van der Waals surface area contributed by atoms with Gasteiger partial charge in [-0.1, -0.05) is 44.2 Å². The maximum Gasteiger partial charge on any atom is 0.221 e. The first-order valence-electron chi connectivity index (χ1n) is 9.82. The van der Waals surface area contributed by atoms with Crippen LogP contribution in [-0.2, 0) is 4.79 Å². The molecule has 0 aliphatic carbocycles. The van der Waals surface area contributed by atoms with Gasteiger partial charge in [-0.25, -0.2) is 9.97 Å². The Morgan fingerprint density at radius 3 is 2.24 bits per heavy atom. The summed E-state index contributed by atoms with van der Waals surface area (Å²) in [7, 11) is 0. The van der Waals surface area contributed by atoms with E-state index in [0.29, 0.717) is 17.6 Å². The molecule has 1 heterocycles. The van der Waals surface area contributed by atoms with E-state index in [9.17, 15) is 4.79 Å². The minimum Gasteiger partial charge on any atom is -0.370 e. The van der Waals surface area contributed by atoms with Crippen molar-refractivity contribution in [2.75, 3.05) is 22.5 Å². The lowest BCUT2D eigenvalue weighted by atomic mass is 10.1. The highest BCUT2D eigenvalue weighted by Crippen LogP contribution is 2.23. The lowest BCUT2D eigenvalue weighted by Crippen LogP contribution is -2.08. The molecule has 29 heavy (non-hydrogen) atoms. The predicted molar refractivity (Wildman–Crippen MR) is 119 cm³/mol. The lowest BCUT2D eigenvalue weighted by Gasteiger charge is -2.13. The van der Waals surface area contributed by atoms with Crippen molar-refractivity contribution >= 4 is 28.9 Å². The van der Waals surface area contributed by atoms with Crippen molar-refractivity contribution in [2.45, 2.75) is 27.2 Å². The Morgan fingerprint density at radius 2 is 1.59 bits per heavy atom. The van der Waals surface area contributed by atoms with Crippen LogP contribution in [0.15, 0.2) is 60.7 Å². The summed E-state index contributed by atoms with van der Waals surface area (Å²) >= 11 is 0. The summed E-state index contributed by atoms with van der Waals surface area (Å²) in [6, 6.07) is 19.4. The number of benzene rings is 2. The molecule has 0 bridgehead atoms. The summed E-state index contributed by atoms with van der Waals surface area (Å²) in [5, 5.41) is 9.50. The predicted octanol–water partition coefficient (Wildman–Crippen LogP) is 5.30. The molecule has 0 aliphatic heterocycles. The number of anilines is 4. The number of nitrogens with one attached hydrogen (secondary N) is 3. The zero-order chi connectivity index (χ0) is 20.6. The fraction of sp³-hybridized carbons (Fsp3) is 0.261. The van der Waals surface area contributed by atoms with E-state index in [2.05, 4.69) is 39.8 Å². The van der Waals surface area contributed by atoms with Gasteiger partial charge in [-0.05, 0) is 36.6 Å². The summed E-state index contributed by atoms with van der Waals surface area (Å²) in [5.74, 6) is 2.69. The molecule has 0 atom stereocenters. The molecule has 0 fully saturated rings. The third-order valence-electron chi connectivity index (χ3n) is 4.26. The third kappa shape index (κ3) is 6.31. The quantitative estimate of drug-likeness (QED) is 0.487. The molecule has 6 nitrogen and oxygen atoms in total. The molecule has 0 aliphatic rings. The lowest BCUT2D eigenvalue weighted by molar-refractivity contribution is -0.114. The number of nitrogens with zero attached hydrogens (tertiary/aromatic N) is 2. The van der Waals surface area contributed by atoms with Crippen molar-refractivity contribution in [3.8, 4) is 11.4 Å². The van der Waals surface area contributed by atoms with Gasteiger partial charge in [0.15, 0.2) is 5.82 Å². The maximum absolute atomic E-state index is 11.2. The SMILES string of the molecule is CC(=O)Nc1ccc(Nc2cc(NCCC(C)C)nc(-c3ccccc3)n2)cc1. The minimum atomic E-state index is -0.0915. The molecular formula is C23H27N5O. The molecule has 0 spiro atoms. The van der Waals surface area contributed by atoms with E-state index in [1.807, 2.05) is 60.7 Å². The van der Waals surface area contributed by atoms with Gasteiger partial charge in [-0.3, -0.25) is 4.79 Å². The van der Waals surface area contributed by atoms with Crippen molar-refractivity contribution in [3.63, 3.8) is 0 Å². The highest BCUT2D eigenvalue weighted by Gasteiger charge is 2.08. The smallest absolute Gasteiger partial charge is 0.221 e. The number of carbonyl (C=O) groups excluding carboxylic acids is 1.